The highest BCUT2D eigenvalue weighted by atomic mass is 32.2. The normalized spacial score (nSPS) is 12.3. The van der Waals surface area contributed by atoms with Crippen molar-refractivity contribution in [3.8, 4) is 17.2 Å². The molecule has 0 aromatic heterocycles. The maximum atomic E-state index is 12.8. The summed E-state index contributed by atoms with van der Waals surface area (Å²) in [5, 5.41) is 2.80. The molecule has 1 N–H and O–H groups in total. The van der Waals surface area contributed by atoms with Gasteiger partial charge in [-0.05, 0) is 25.1 Å². The predicted molar refractivity (Wildman–Crippen MR) is 109 cm³/mol. The van der Waals surface area contributed by atoms with Crippen LogP contribution in [0.25, 0.3) is 0 Å². The molecular weight excluding hydrogens is 396 g/mol. The third-order valence-electron chi connectivity index (χ3n) is 4.41. The Kier molecular flexibility index (Phi) is 7.46. The predicted octanol–water partition coefficient (Wildman–Crippen LogP) is 2.21. The standard InChI is InChI=1S/C20H26N2O6S/c1-14(16-8-6-7-9-17(16)26-3)21-20(23)13-22(2)29(24,25)15-10-11-18(27-4)19(12-15)28-5/h6-12,14H,13H2,1-5H3,(H,21,23). The second kappa shape index (κ2) is 9.62. The van der Waals surface area contributed by atoms with Crippen molar-refractivity contribution >= 4 is 15.9 Å². The molecule has 0 aliphatic heterocycles. The van der Waals surface area contributed by atoms with Gasteiger partial charge in [-0.3, -0.25) is 4.79 Å². The zero-order valence-corrected chi connectivity index (χ0v) is 17.9. The van der Waals surface area contributed by atoms with Gasteiger partial charge in [0.1, 0.15) is 5.75 Å². The van der Waals surface area contributed by atoms with Gasteiger partial charge < -0.3 is 19.5 Å². The van der Waals surface area contributed by atoms with Crippen LogP contribution in [-0.4, -0.2) is 53.6 Å². The lowest BCUT2D eigenvalue weighted by Crippen LogP contribution is -2.39. The number of sulfonamides is 1. The Bertz CT molecular complexity index is 961. The fourth-order valence-corrected chi connectivity index (χ4v) is 3.98. The molecule has 1 unspecified atom stereocenters. The van der Waals surface area contributed by atoms with Gasteiger partial charge in [0.2, 0.25) is 15.9 Å². The number of likely N-dealkylation sites (N-methyl/N-ethyl adjacent to an activating group) is 1. The molecule has 2 aromatic rings. The molecule has 0 saturated heterocycles. The Morgan fingerprint density at radius 2 is 1.62 bits per heavy atom. The molecule has 2 aromatic carbocycles. The monoisotopic (exact) mass is 422 g/mol. The number of benzene rings is 2. The number of rotatable bonds is 9. The molecule has 0 fully saturated rings. The van der Waals surface area contributed by atoms with Crippen LogP contribution in [0, 0.1) is 0 Å². The van der Waals surface area contributed by atoms with Crippen molar-refractivity contribution in [1.82, 2.24) is 9.62 Å². The average Bonchev–Trinajstić information content (AvgIpc) is 2.72. The van der Waals surface area contributed by atoms with E-state index in [0.29, 0.717) is 11.5 Å². The average molecular weight is 423 g/mol. The summed E-state index contributed by atoms with van der Waals surface area (Å²) in [6.45, 7) is 1.47. The van der Waals surface area contributed by atoms with E-state index < -0.39 is 15.9 Å². The fraction of sp³-hybridized carbons (Fsp3) is 0.350. The number of methoxy groups -OCH3 is 3. The van der Waals surface area contributed by atoms with Crippen LogP contribution in [0.1, 0.15) is 18.5 Å². The number of amides is 1. The number of hydrogen-bond donors (Lipinski definition) is 1. The third kappa shape index (κ3) is 5.18. The molecule has 0 spiro atoms. The Morgan fingerprint density at radius 3 is 2.24 bits per heavy atom. The van der Waals surface area contributed by atoms with E-state index in [1.54, 1.807) is 20.1 Å². The van der Waals surface area contributed by atoms with E-state index in [2.05, 4.69) is 5.32 Å². The molecule has 29 heavy (non-hydrogen) atoms. The minimum absolute atomic E-state index is 0.00299. The van der Waals surface area contributed by atoms with E-state index in [9.17, 15) is 13.2 Å². The molecule has 0 aliphatic carbocycles. The molecule has 0 bridgehead atoms. The second-order valence-corrected chi connectivity index (χ2v) is 8.35. The van der Waals surface area contributed by atoms with E-state index in [0.717, 1.165) is 9.87 Å². The summed E-state index contributed by atoms with van der Waals surface area (Å²) >= 11 is 0. The first-order valence-electron chi connectivity index (χ1n) is 8.85. The summed E-state index contributed by atoms with van der Waals surface area (Å²) in [5.74, 6) is 0.912. The molecule has 9 heteroatoms. The Balaban J connectivity index is 2.12. The first-order valence-corrected chi connectivity index (χ1v) is 10.3. The van der Waals surface area contributed by atoms with E-state index >= 15 is 0 Å². The molecule has 8 nitrogen and oxygen atoms in total. The Hall–Kier alpha value is -2.78. The summed E-state index contributed by atoms with van der Waals surface area (Å²) in [6, 6.07) is 11.2. The maximum Gasteiger partial charge on any atom is 0.243 e. The van der Waals surface area contributed by atoms with Crippen molar-refractivity contribution in [2.45, 2.75) is 17.9 Å². The summed E-state index contributed by atoms with van der Waals surface area (Å²) < 4.78 is 42.2. The molecule has 0 aliphatic rings. The number of ether oxygens (including phenoxy) is 3. The first-order chi connectivity index (χ1) is 13.7. The minimum Gasteiger partial charge on any atom is -0.496 e. The van der Waals surface area contributed by atoms with Crippen molar-refractivity contribution in [2.24, 2.45) is 0 Å². The molecule has 2 rings (SSSR count). The first kappa shape index (κ1) is 22.5. The van der Waals surface area contributed by atoms with Crippen LogP contribution in [-0.2, 0) is 14.8 Å². The van der Waals surface area contributed by atoms with Crippen LogP contribution >= 0.6 is 0 Å². The van der Waals surface area contributed by atoms with E-state index in [1.165, 1.54) is 39.5 Å². The number of nitrogens with zero attached hydrogens (tertiary/aromatic N) is 1. The van der Waals surface area contributed by atoms with Gasteiger partial charge in [-0.2, -0.15) is 4.31 Å². The van der Waals surface area contributed by atoms with Crippen molar-refractivity contribution < 1.29 is 27.4 Å². The van der Waals surface area contributed by atoms with E-state index in [1.807, 2.05) is 18.2 Å². The highest BCUT2D eigenvalue weighted by molar-refractivity contribution is 7.89. The smallest absolute Gasteiger partial charge is 0.243 e. The second-order valence-electron chi connectivity index (χ2n) is 6.31. The van der Waals surface area contributed by atoms with Crippen molar-refractivity contribution in [1.29, 1.82) is 0 Å². The lowest BCUT2D eigenvalue weighted by Gasteiger charge is -2.21. The van der Waals surface area contributed by atoms with Crippen LogP contribution in [0.5, 0.6) is 17.2 Å². The SMILES string of the molecule is COc1ccc(S(=O)(=O)N(C)CC(=O)NC(C)c2ccccc2OC)cc1OC. The summed E-state index contributed by atoms with van der Waals surface area (Å²) in [6.07, 6.45) is 0. The van der Waals surface area contributed by atoms with Gasteiger partial charge >= 0.3 is 0 Å². The zero-order chi connectivity index (χ0) is 21.6. The van der Waals surface area contributed by atoms with Crippen LogP contribution in [0.2, 0.25) is 0 Å². The molecule has 0 heterocycles. The Morgan fingerprint density at radius 1 is 1.00 bits per heavy atom. The van der Waals surface area contributed by atoms with Gasteiger partial charge in [0.25, 0.3) is 0 Å². The third-order valence-corrected chi connectivity index (χ3v) is 6.21. The van der Waals surface area contributed by atoms with Gasteiger partial charge in [0.05, 0.1) is 38.8 Å². The number of nitrogens with one attached hydrogen (secondary N) is 1. The summed E-state index contributed by atoms with van der Waals surface area (Å²) in [4.78, 5) is 12.4. The number of hydrogen-bond acceptors (Lipinski definition) is 6. The molecule has 1 atom stereocenters. The molecule has 1 amide bonds. The highest BCUT2D eigenvalue weighted by Gasteiger charge is 2.25. The summed E-state index contributed by atoms with van der Waals surface area (Å²) in [7, 11) is 1.89. The van der Waals surface area contributed by atoms with Crippen molar-refractivity contribution in [3.63, 3.8) is 0 Å². The lowest BCUT2D eigenvalue weighted by atomic mass is 10.1. The zero-order valence-electron chi connectivity index (χ0n) is 17.1. The van der Waals surface area contributed by atoms with Gasteiger partial charge in [-0.15, -0.1) is 0 Å². The Labute approximate surface area is 171 Å². The molecular formula is C20H26N2O6S. The fourth-order valence-electron chi connectivity index (χ4n) is 2.83. The van der Waals surface area contributed by atoms with Gasteiger partial charge in [-0.25, -0.2) is 8.42 Å². The van der Waals surface area contributed by atoms with Crippen LogP contribution in [0.4, 0.5) is 0 Å². The van der Waals surface area contributed by atoms with Gasteiger partial charge in [0, 0.05) is 18.7 Å². The number of para-hydroxylation sites is 1. The van der Waals surface area contributed by atoms with Gasteiger partial charge in [0.15, 0.2) is 11.5 Å². The number of carbonyl (C=O) groups excluding carboxylic acids is 1. The highest BCUT2D eigenvalue weighted by Crippen LogP contribution is 2.30. The number of carbonyl (C=O) groups is 1. The van der Waals surface area contributed by atoms with Crippen LogP contribution < -0.4 is 19.5 Å². The summed E-state index contributed by atoms with van der Waals surface area (Å²) in [5.41, 5.74) is 0.800. The lowest BCUT2D eigenvalue weighted by molar-refractivity contribution is -0.121. The van der Waals surface area contributed by atoms with Gasteiger partial charge in [-0.1, -0.05) is 18.2 Å². The largest absolute Gasteiger partial charge is 0.496 e. The van der Waals surface area contributed by atoms with E-state index in [4.69, 9.17) is 14.2 Å². The van der Waals surface area contributed by atoms with Crippen molar-refractivity contribution in [2.75, 3.05) is 34.9 Å². The topological polar surface area (TPSA) is 94.2 Å². The maximum absolute atomic E-state index is 12.8. The quantitative estimate of drug-likeness (QED) is 0.666. The van der Waals surface area contributed by atoms with E-state index in [-0.39, 0.29) is 23.2 Å². The van der Waals surface area contributed by atoms with Crippen LogP contribution in [0.15, 0.2) is 47.4 Å². The molecule has 0 saturated carbocycles. The molecule has 0 radical (unpaired) electrons. The molecule has 158 valence electrons. The van der Waals surface area contributed by atoms with Crippen molar-refractivity contribution in [3.05, 3.63) is 48.0 Å². The van der Waals surface area contributed by atoms with Crippen LogP contribution in [0.3, 0.4) is 0 Å². The minimum atomic E-state index is -3.89.